The summed E-state index contributed by atoms with van der Waals surface area (Å²) < 4.78 is 0.766. The Morgan fingerprint density at radius 2 is 2.57 bits per heavy atom. The third-order valence-electron chi connectivity index (χ3n) is 1.71. The quantitative estimate of drug-likeness (QED) is 0.886. The Kier molecular flexibility index (Phi) is 4.47. The lowest BCUT2D eigenvalue weighted by Crippen LogP contribution is -2.22. The minimum atomic E-state index is 0.000185. The number of carbonyl (C=O) groups is 1. The molecule has 1 amide bonds. The largest absolute Gasteiger partial charge is 0.310 e. The van der Waals surface area contributed by atoms with E-state index in [0.717, 1.165) is 10.2 Å². The van der Waals surface area contributed by atoms with Crippen LogP contribution in [0.3, 0.4) is 0 Å². The number of halogens is 1. The number of amides is 1. The van der Waals surface area contributed by atoms with Crippen LogP contribution in [0.5, 0.6) is 0 Å². The molecular weight excluding hydrogens is 266 g/mol. The summed E-state index contributed by atoms with van der Waals surface area (Å²) in [5.74, 6) is 1.44. The second-order valence-corrected chi connectivity index (χ2v) is 4.70. The van der Waals surface area contributed by atoms with Crippen molar-refractivity contribution in [2.75, 3.05) is 17.3 Å². The minimum absolute atomic E-state index is 0.000185. The third kappa shape index (κ3) is 3.02. The molecule has 0 aliphatic rings. The Morgan fingerprint density at radius 1 is 1.86 bits per heavy atom. The van der Waals surface area contributed by atoms with E-state index in [4.69, 9.17) is 0 Å². The molecule has 6 heteroatoms. The van der Waals surface area contributed by atoms with Crippen LogP contribution in [0.25, 0.3) is 0 Å². The van der Waals surface area contributed by atoms with Gasteiger partial charge >= 0.3 is 0 Å². The van der Waals surface area contributed by atoms with Gasteiger partial charge in [0.2, 0.25) is 5.91 Å². The van der Waals surface area contributed by atoms with Crippen molar-refractivity contribution in [3.63, 3.8) is 0 Å². The van der Waals surface area contributed by atoms with Crippen LogP contribution in [-0.2, 0) is 4.79 Å². The fraction of sp³-hybridized carbons (Fsp3) is 0.500. The van der Waals surface area contributed by atoms with Crippen molar-refractivity contribution in [1.82, 2.24) is 10.2 Å². The normalized spacial score (nSPS) is 12.5. The number of carbonyl (C=O) groups excluding carboxylic acids is 1. The van der Waals surface area contributed by atoms with Gasteiger partial charge in [-0.3, -0.25) is 9.89 Å². The molecule has 0 aromatic carbocycles. The lowest BCUT2D eigenvalue weighted by Gasteiger charge is -2.09. The topological polar surface area (TPSA) is 57.8 Å². The van der Waals surface area contributed by atoms with Gasteiger partial charge in [0.25, 0.3) is 0 Å². The lowest BCUT2D eigenvalue weighted by atomic mass is 10.2. The Morgan fingerprint density at radius 3 is 3.07 bits per heavy atom. The van der Waals surface area contributed by atoms with Crippen LogP contribution in [0.4, 0.5) is 5.82 Å². The molecule has 14 heavy (non-hydrogen) atoms. The molecule has 0 aliphatic heterocycles. The molecule has 0 saturated heterocycles. The van der Waals surface area contributed by atoms with Crippen molar-refractivity contribution in [3.8, 4) is 0 Å². The maximum Gasteiger partial charge on any atom is 0.229 e. The Labute approximate surface area is 95.4 Å². The van der Waals surface area contributed by atoms with Gasteiger partial charge in [0, 0.05) is 11.7 Å². The molecule has 1 aromatic rings. The smallest absolute Gasteiger partial charge is 0.229 e. The van der Waals surface area contributed by atoms with E-state index in [2.05, 4.69) is 31.4 Å². The summed E-state index contributed by atoms with van der Waals surface area (Å²) in [5, 5.41) is 9.24. The monoisotopic (exact) mass is 277 g/mol. The van der Waals surface area contributed by atoms with Gasteiger partial charge in [-0.05, 0) is 22.2 Å². The number of rotatable bonds is 4. The predicted octanol–water partition coefficient (Wildman–Crippen LogP) is 2.11. The van der Waals surface area contributed by atoms with Gasteiger partial charge in [-0.25, -0.2) is 0 Å². The summed E-state index contributed by atoms with van der Waals surface area (Å²) in [7, 11) is 0. The summed E-state index contributed by atoms with van der Waals surface area (Å²) in [6, 6.07) is 0. The van der Waals surface area contributed by atoms with E-state index < -0.39 is 0 Å². The molecule has 0 fully saturated rings. The van der Waals surface area contributed by atoms with E-state index in [9.17, 15) is 4.79 Å². The summed E-state index contributed by atoms with van der Waals surface area (Å²) in [5.41, 5.74) is 0. The Bertz CT molecular complexity index is 315. The molecule has 1 aromatic heterocycles. The number of hydrogen-bond acceptors (Lipinski definition) is 3. The zero-order valence-corrected chi connectivity index (χ0v) is 10.4. The van der Waals surface area contributed by atoms with Gasteiger partial charge in [0.05, 0.1) is 10.7 Å². The molecule has 1 rings (SSSR count). The molecule has 0 bridgehead atoms. The van der Waals surface area contributed by atoms with Crippen molar-refractivity contribution in [1.29, 1.82) is 0 Å². The fourth-order valence-electron chi connectivity index (χ4n) is 0.931. The molecule has 2 N–H and O–H groups in total. The third-order valence-corrected chi connectivity index (χ3v) is 3.14. The van der Waals surface area contributed by atoms with Crippen LogP contribution < -0.4 is 5.32 Å². The van der Waals surface area contributed by atoms with Crippen LogP contribution >= 0.6 is 27.7 Å². The SMILES string of the molecule is CSCC(C)C(=O)Nc1[nH]ncc1Br. The second-order valence-electron chi connectivity index (χ2n) is 2.94. The van der Waals surface area contributed by atoms with E-state index >= 15 is 0 Å². The van der Waals surface area contributed by atoms with Crippen LogP contribution in [0, 0.1) is 5.92 Å². The molecule has 0 saturated carbocycles. The van der Waals surface area contributed by atoms with E-state index in [0.29, 0.717) is 5.82 Å². The molecule has 0 aliphatic carbocycles. The van der Waals surface area contributed by atoms with Gasteiger partial charge in [-0.15, -0.1) is 0 Å². The Hall–Kier alpha value is -0.490. The number of hydrogen-bond donors (Lipinski definition) is 2. The highest BCUT2D eigenvalue weighted by Gasteiger charge is 2.14. The van der Waals surface area contributed by atoms with Crippen molar-refractivity contribution in [3.05, 3.63) is 10.7 Å². The molecule has 78 valence electrons. The summed E-state index contributed by atoms with van der Waals surface area (Å²) in [6.45, 7) is 1.90. The number of nitrogens with one attached hydrogen (secondary N) is 2. The number of aromatic amines is 1. The maximum atomic E-state index is 11.6. The van der Waals surface area contributed by atoms with Gasteiger partial charge in [0.15, 0.2) is 0 Å². The van der Waals surface area contributed by atoms with Crippen LogP contribution in [0.1, 0.15) is 6.92 Å². The zero-order chi connectivity index (χ0) is 10.6. The van der Waals surface area contributed by atoms with Gasteiger partial charge in [0.1, 0.15) is 5.82 Å². The lowest BCUT2D eigenvalue weighted by molar-refractivity contribution is -0.118. The second kappa shape index (κ2) is 5.41. The first-order valence-electron chi connectivity index (χ1n) is 4.13. The number of anilines is 1. The fourth-order valence-corrected chi connectivity index (χ4v) is 1.87. The molecule has 0 spiro atoms. The molecule has 1 atom stereocenters. The minimum Gasteiger partial charge on any atom is -0.310 e. The van der Waals surface area contributed by atoms with Crippen LogP contribution in [0.2, 0.25) is 0 Å². The molecule has 0 radical (unpaired) electrons. The van der Waals surface area contributed by atoms with Crippen LogP contribution in [0.15, 0.2) is 10.7 Å². The Balaban J connectivity index is 2.53. The average molecular weight is 278 g/mol. The number of H-pyrrole nitrogens is 1. The number of aromatic nitrogens is 2. The van der Waals surface area contributed by atoms with Gasteiger partial charge in [-0.1, -0.05) is 6.92 Å². The average Bonchev–Trinajstić information content (AvgIpc) is 2.52. The van der Waals surface area contributed by atoms with Gasteiger partial charge in [-0.2, -0.15) is 16.9 Å². The van der Waals surface area contributed by atoms with Crippen LogP contribution in [-0.4, -0.2) is 28.1 Å². The number of nitrogens with zero attached hydrogens (tertiary/aromatic N) is 1. The predicted molar refractivity (Wildman–Crippen MR) is 62.5 cm³/mol. The van der Waals surface area contributed by atoms with Crippen molar-refractivity contribution < 1.29 is 4.79 Å². The van der Waals surface area contributed by atoms with E-state index in [1.807, 2.05) is 13.2 Å². The summed E-state index contributed by atoms with van der Waals surface area (Å²) in [4.78, 5) is 11.6. The molecule has 1 heterocycles. The first-order valence-corrected chi connectivity index (χ1v) is 6.32. The number of thioether (sulfide) groups is 1. The first-order chi connectivity index (χ1) is 6.65. The van der Waals surface area contributed by atoms with Crippen molar-refractivity contribution in [2.24, 2.45) is 5.92 Å². The standard InChI is InChI=1S/C8H12BrN3OS/c1-5(4-14-2)8(13)11-7-6(9)3-10-12-7/h3,5H,4H2,1-2H3,(H2,10,11,12,13). The van der Waals surface area contributed by atoms with Crippen molar-refractivity contribution >= 4 is 39.4 Å². The van der Waals surface area contributed by atoms with Gasteiger partial charge < -0.3 is 5.32 Å². The molecular formula is C8H12BrN3OS. The zero-order valence-electron chi connectivity index (χ0n) is 8.00. The molecule has 1 unspecified atom stereocenters. The van der Waals surface area contributed by atoms with Crippen molar-refractivity contribution in [2.45, 2.75) is 6.92 Å². The van der Waals surface area contributed by atoms with E-state index in [1.165, 1.54) is 0 Å². The van der Waals surface area contributed by atoms with E-state index in [-0.39, 0.29) is 11.8 Å². The summed E-state index contributed by atoms with van der Waals surface area (Å²) in [6.07, 6.45) is 3.59. The van der Waals surface area contributed by atoms with E-state index in [1.54, 1.807) is 18.0 Å². The highest BCUT2D eigenvalue weighted by molar-refractivity contribution is 9.10. The summed E-state index contributed by atoms with van der Waals surface area (Å²) >= 11 is 4.93. The highest BCUT2D eigenvalue weighted by Crippen LogP contribution is 2.18. The molecule has 4 nitrogen and oxygen atoms in total. The first kappa shape index (κ1) is 11.6. The highest BCUT2D eigenvalue weighted by atomic mass is 79.9. The maximum absolute atomic E-state index is 11.6.